The SMILES string of the molecule is CC(CNC(=O)NCC1CCCC1C(=O)O)N(C)C1CC1. The van der Waals surface area contributed by atoms with Crippen molar-refractivity contribution in [3.63, 3.8) is 0 Å². The van der Waals surface area contributed by atoms with Gasteiger partial charge >= 0.3 is 12.0 Å². The number of carboxylic acids is 1. The van der Waals surface area contributed by atoms with Crippen LogP contribution in [0.5, 0.6) is 0 Å². The Morgan fingerprint density at radius 1 is 1.24 bits per heavy atom. The first-order chi connectivity index (χ1) is 9.99. The van der Waals surface area contributed by atoms with Crippen molar-refractivity contribution in [2.24, 2.45) is 11.8 Å². The minimum absolute atomic E-state index is 0.0693. The largest absolute Gasteiger partial charge is 0.481 e. The Bertz CT molecular complexity index is 384. The maximum Gasteiger partial charge on any atom is 0.314 e. The first kappa shape index (κ1) is 16.1. The van der Waals surface area contributed by atoms with Crippen molar-refractivity contribution in [3.8, 4) is 0 Å². The summed E-state index contributed by atoms with van der Waals surface area (Å²) in [7, 11) is 2.10. The van der Waals surface area contributed by atoms with Crippen molar-refractivity contribution >= 4 is 12.0 Å². The summed E-state index contributed by atoms with van der Waals surface area (Å²) >= 11 is 0. The number of likely N-dealkylation sites (N-methyl/N-ethyl adjacent to an activating group) is 1. The van der Waals surface area contributed by atoms with Crippen LogP contribution < -0.4 is 10.6 Å². The number of nitrogens with zero attached hydrogens (tertiary/aromatic N) is 1. The van der Waals surface area contributed by atoms with Gasteiger partial charge in [0.25, 0.3) is 0 Å². The molecule has 3 N–H and O–H groups in total. The lowest BCUT2D eigenvalue weighted by Gasteiger charge is -2.25. The number of hydrogen-bond donors (Lipinski definition) is 3. The number of urea groups is 1. The molecule has 0 bridgehead atoms. The zero-order valence-corrected chi connectivity index (χ0v) is 13.0. The Balaban J connectivity index is 1.64. The molecule has 2 aliphatic rings. The normalized spacial score (nSPS) is 26.6. The van der Waals surface area contributed by atoms with Gasteiger partial charge in [-0.25, -0.2) is 4.79 Å². The minimum atomic E-state index is -0.737. The molecule has 6 nitrogen and oxygen atoms in total. The summed E-state index contributed by atoms with van der Waals surface area (Å²) in [5, 5.41) is 14.8. The number of amides is 2. The first-order valence-electron chi connectivity index (χ1n) is 7.95. The molecule has 0 aromatic carbocycles. The van der Waals surface area contributed by atoms with Crippen LogP contribution >= 0.6 is 0 Å². The van der Waals surface area contributed by atoms with Crippen molar-refractivity contribution < 1.29 is 14.7 Å². The van der Waals surface area contributed by atoms with Crippen molar-refractivity contribution in [2.75, 3.05) is 20.1 Å². The highest BCUT2D eigenvalue weighted by molar-refractivity contribution is 5.74. The molecular weight excluding hydrogens is 270 g/mol. The monoisotopic (exact) mass is 297 g/mol. The molecule has 0 heterocycles. The number of nitrogens with one attached hydrogen (secondary N) is 2. The Labute approximate surface area is 126 Å². The van der Waals surface area contributed by atoms with Crippen molar-refractivity contribution in [2.45, 2.75) is 51.1 Å². The van der Waals surface area contributed by atoms with Crippen LogP contribution in [0, 0.1) is 11.8 Å². The fraction of sp³-hybridized carbons (Fsp3) is 0.867. The molecule has 21 heavy (non-hydrogen) atoms. The van der Waals surface area contributed by atoms with Gasteiger partial charge in [-0.1, -0.05) is 6.42 Å². The van der Waals surface area contributed by atoms with Crippen LogP contribution in [0.3, 0.4) is 0 Å². The number of carbonyl (C=O) groups excluding carboxylic acids is 1. The molecule has 3 atom stereocenters. The van der Waals surface area contributed by atoms with Gasteiger partial charge < -0.3 is 15.7 Å². The Morgan fingerprint density at radius 2 is 1.95 bits per heavy atom. The van der Waals surface area contributed by atoms with Crippen LogP contribution in [-0.2, 0) is 4.79 Å². The Morgan fingerprint density at radius 3 is 2.57 bits per heavy atom. The van der Waals surface area contributed by atoms with Crippen molar-refractivity contribution in [1.29, 1.82) is 0 Å². The summed E-state index contributed by atoms with van der Waals surface area (Å²) in [6, 6.07) is 0.809. The van der Waals surface area contributed by atoms with Gasteiger partial charge in [0.05, 0.1) is 5.92 Å². The average molecular weight is 297 g/mol. The predicted octanol–water partition coefficient (Wildman–Crippen LogP) is 1.27. The van der Waals surface area contributed by atoms with E-state index in [1.54, 1.807) is 0 Å². The second kappa shape index (κ2) is 7.11. The number of rotatable bonds is 7. The van der Waals surface area contributed by atoms with Crippen LogP contribution in [-0.4, -0.2) is 54.2 Å². The van der Waals surface area contributed by atoms with Gasteiger partial charge in [-0.3, -0.25) is 9.69 Å². The molecule has 120 valence electrons. The van der Waals surface area contributed by atoms with E-state index in [4.69, 9.17) is 5.11 Å². The smallest absolute Gasteiger partial charge is 0.314 e. The number of hydrogen-bond acceptors (Lipinski definition) is 3. The highest BCUT2D eigenvalue weighted by atomic mass is 16.4. The third kappa shape index (κ3) is 4.59. The lowest BCUT2D eigenvalue weighted by molar-refractivity contribution is -0.142. The molecule has 0 aliphatic heterocycles. The standard InChI is InChI=1S/C15H27N3O3/c1-10(18(2)12-6-7-12)8-16-15(21)17-9-11-4-3-5-13(11)14(19)20/h10-13H,3-9H2,1-2H3,(H,19,20)(H2,16,17,21). The first-order valence-corrected chi connectivity index (χ1v) is 7.95. The van der Waals surface area contributed by atoms with Gasteiger partial charge in [-0.2, -0.15) is 0 Å². The molecule has 2 aliphatic carbocycles. The van der Waals surface area contributed by atoms with E-state index in [2.05, 4.69) is 29.5 Å². The zero-order chi connectivity index (χ0) is 15.4. The number of aliphatic carboxylic acids is 1. The van der Waals surface area contributed by atoms with Gasteiger partial charge in [0, 0.05) is 25.2 Å². The van der Waals surface area contributed by atoms with Crippen molar-refractivity contribution in [3.05, 3.63) is 0 Å². The van der Waals surface area contributed by atoms with E-state index in [0.29, 0.717) is 25.2 Å². The maximum atomic E-state index is 11.8. The van der Waals surface area contributed by atoms with E-state index >= 15 is 0 Å². The highest BCUT2D eigenvalue weighted by Gasteiger charge is 2.33. The fourth-order valence-corrected chi connectivity index (χ4v) is 3.12. The van der Waals surface area contributed by atoms with Gasteiger partial charge in [-0.05, 0) is 45.6 Å². The topological polar surface area (TPSA) is 81.7 Å². The molecule has 2 rings (SSSR count). The van der Waals surface area contributed by atoms with Gasteiger partial charge in [0.15, 0.2) is 0 Å². The average Bonchev–Trinajstić information content (AvgIpc) is 3.19. The van der Waals surface area contributed by atoms with E-state index in [-0.39, 0.29) is 17.9 Å². The summed E-state index contributed by atoms with van der Waals surface area (Å²) in [4.78, 5) is 25.2. The lowest BCUT2D eigenvalue weighted by Crippen LogP contribution is -2.45. The van der Waals surface area contributed by atoms with Crippen LogP contribution in [0.2, 0.25) is 0 Å². The quantitative estimate of drug-likeness (QED) is 0.661. The molecule has 0 aromatic heterocycles. The van der Waals surface area contributed by atoms with E-state index in [9.17, 15) is 9.59 Å². The van der Waals surface area contributed by atoms with Crippen LogP contribution in [0.1, 0.15) is 39.0 Å². The molecule has 0 spiro atoms. The summed E-state index contributed by atoms with van der Waals surface area (Å²) in [5.74, 6) is -0.968. The van der Waals surface area contributed by atoms with E-state index in [1.165, 1.54) is 12.8 Å². The second-order valence-corrected chi connectivity index (χ2v) is 6.47. The second-order valence-electron chi connectivity index (χ2n) is 6.47. The van der Waals surface area contributed by atoms with Gasteiger partial charge in [-0.15, -0.1) is 0 Å². The van der Waals surface area contributed by atoms with E-state index in [1.807, 2.05) is 0 Å². The predicted molar refractivity (Wildman–Crippen MR) is 80.1 cm³/mol. The van der Waals surface area contributed by atoms with Crippen LogP contribution in [0.15, 0.2) is 0 Å². The molecule has 6 heteroatoms. The molecule has 0 saturated heterocycles. The lowest BCUT2D eigenvalue weighted by atomic mass is 9.96. The fourth-order valence-electron chi connectivity index (χ4n) is 3.12. The Kier molecular flexibility index (Phi) is 5.45. The van der Waals surface area contributed by atoms with Crippen LogP contribution in [0.25, 0.3) is 0 Å². The molecule has 0 radical (unpaired) electrons. The molecule has 2 fully saturated rings. The van der Waals surface area contributed by atoms with Gasteiger partial charge in [0.1, 0.15) is 0 Å². The van der Waals surface area contributed by atoms with Crippen LogP contribution in [0.4, 0.5) is 4.79 Å². The maximum absolute atomic E-state index is 11.8. The molecule has 2 saturated carbocycles. The van der Waals surface area contributed by atoms with Gasteiger partial charge in [0.2, 0.25) is 0 Å². The molecule has 0 aromatic rings. The highest BCUT2D eigenvalue weighted by Crippen LogP contribution is 2.31. The third-order valence-corrected chi connectivity index (χ3v) is 4.88. The summed E-state index contributed by atoms with van der Waals surface area (Å²) in [5.41, 5.74) is 0. The van der Waals surface area contributed by atoms with E-state index in [0.717, 1.165) is 19.3 Å². The minimum Gasteiger partial charge on any atom is -0.481 e. The third-order valence-electron chi connectivity index (χ3n) is 4.88. The summed E-state index contributed by atoms with van der Waals surface area (Å²) in [6.07, 6.45) is 5.06. The number of carbonyl (C=O) groups is 2. The summed E-state index contributed by atoms with van der Waals surface area (Å²) in [6.45, 7) is 3.18. The zero-order valence-electron chi connectivity index (χ0n) is 13.0. The van der Waals surface area contributed by atoms with E-state index < -0.39 is 5.97 Å². The summed E-state index contributed by atoms with van der Waals surface area (Å²) < 4.78 is 0. The van der Waals surface area contributed by atoms with Crippen molar-refractivity contribution in [1.82, 2.24) is 15.5 Å². The molecule has 2 amide bonds. The number of carboxylic acid groups (broad SMARTS) is 1. The Hall–Kier alpha value is -1.30. The molecular formula is C15H27N3O3. The molecule has 3 unspecified atom stereocenters.